The normalized spacial score (nSPS) is 17.3. The van der Waals surface area contributed by atoms with Crippen molar-refractivity contribution in [1.29, 1.82) is 0 Å². The van der Waals surface area contributed by atoms with Crippen molar-refractivity contribution in [2.45, 2.75) is 44.6 Å². The minimum atomic E-state index is 0.274. The van der Waals surface area contributed by atoms with Crippen molar-refractivity contribution in [2.75, 3.05) is 17.4 Å². The summed E-state index contributed by atoms with van der Waals surface area (Å²) in [6.45, 7) is 0.274. The van der Waals surface area contributed by atoms with E-state index >= 15 is 0 Å². The molecular weight excluding hydrogens is 304 g/mol. The predicted molar refractivity (Wildman–Crippen MR) is 93.0 cm³/mol. The number of rotatable bonds is 4. The van der Waals surface area contributed by atoms with Crippen LogP contribution in [0.5, 0.6) is 11.5 Å². The van der Waals surface area contributed by atoms with Crippen LogP contribution in [0.15, 0.2) is 30.5 Å². The van der Waals surface area contributed by atoms with Gasteiger partial charge in [-0.05, 0) is 31.0 Å². The first-order valence-electron chi connectivity index (χ1n) is 8.63. The second-order valence-electron chi connectivity index (χ2n) is 6.29. The molecule has 2 heterocycles. The van der Waals surface area contributed by atoms with E-state index in [-0.39, 0.29) is 6.79 Å². The van der Waals surface area contributed by atoms with E-state index in [0.29, 0.717) is 12.0 Å². The number of anilines is 3. The van der Waals surface area contributed by atoms with Crippen LogP contribution in [0.25, 0.3) is 0 Å². The third-order valence-corrected chi connectivity index (χ3v) is 4.49. The van der Waals surface area contributed by atoms with E-state index in [1.807, 2.05) is 24.3 Å². The number of nitrogens with zero attached hydrogens (tertiary/aromatic N) is 2. The fourth-order valence-corrected chi connectivity index (χ4v) is 3.24. The molecule has 1 saturated carbocycles. The Bertz CT molecular complexity index is 699. The second-order valence-corrected chi connectivity index (χ2v) is 6.29. The Morgan fingerprint density at radius 1 is 0.958 bits per heavy atom. The number of aromatic nitrogens is 2. The highest BCUT2D eigenvalue weighted by Crippen LogP contribution is 2.34. The summed E-state index contributed by atoms with van der Waals surface area (Å²) in [4.78, 5) is 8.89. The molecular formula is C18H22N4O2. The summed E-state index contributed by atoms with van der Waals surface area (Å²) in [7, 11) is 0. The highest BCUT2D eigenvalue weighted by molar-refractivity contribution is 5.61. The standard InChI is InChI=1S/C18H22N4O2/c1-2-4-6-13(5-3-1)20-17-9-10-19-18(22-17)21-14-7-8-15-16(11-14)24-12-23-15/h7-11,13H,1-6,12H2,(H2,19,20,21,22). The van der Waals surface area contributed by atoms with Crippen LogP contribution in [0.2, 0.25) is 0 Å². The fourth-order valence-electron chi connectivity index (χ4n) is 3.24. The van der Waals surface area contributed by atoms with Gasteiger partial charge in [0.25, 0.3) is 0 Å². The molecule has 4 rings (SSSR count). The molecule has 2 aromatic rings. The van der Waals surface area contributed by atoms with Crippen LogP contribution >= 0.6 is 0 Å². The van der Waals surface area contributed by atoms with Crippen LogP contribution in [0.3, 0.4) is 0 Å². The zero-order chi connectivity index (χ0) is 16.2. The van der Waals surface area contributed by atoms with E-state index in [1.165, 1.54) is 38.5 Å². The molecule has 0 atom stereocenters. The van der Waals surface area contributed by atoms with E-state index < -0.39 is 0 Å². The minimum Gasteiger partial charge on any atom is -0.454 e. The molecule has 6 heteroatoms. The maximum atomic E-state index is 5.40. The number of hydrogen-bond acceptors (Lipinski definition) is 6. The van der Waals surface area contributed by atoms with Crippen molar-refractivity contribution < 1.29 is 9.47 Å². The number of ether oxygens (including phenoxy) is 2. The molecule has 2 aliphatic rings. The fraction of sp³-hybridized carbons (Fsp3) is 0.444. The smallest absolute Gasteiger partial charge is 0.231 e. The lowest BCUT2D eigenvalue weighted by Crippen LogP contribution is -2.19. The molecule has 0 unspecified atom stereocenters. The Morgan fingerprint density at radius 3 is 2.67 bits per heavy atom. The third kappa shape index (κ3) is 3.53. The zero-order valence-electron chi connectivity index (χ0n) is 13.6. The Morgan fingerprint density at radius 2 is 1.79 bits per heavy atom. The molecule has 1 aromatic carbocycles. The van der Waals surface area contributed by atoms with Crippen LogP contribution in [-0.2, 0) is 0 Å². The van der Waals surface area contributed by atoms with Crippen LogP contribution in [-0.4, -0.2) is 22.8 Å². The van der Waals surface area contributed by atoms with Gasteiger partial charge in [0.05, 0.1) is 0 Å². The van der Waals surface area contributed by atoms with Gasteiger partial charge < -0.3 is 20.1 Å². The highest BCUT2D eigenvalue weighted by Gasteiger charge is 2.15. The lowest BCUT2D eigenvalue weighted by Gasteiger charge is -2.17. The first-order valence-corrected chi connectivity index (χ1v) is 8.63. The molecule has 0 saturated heterocycles. The molecule has 1 aromatic heterocycles. The van der Waals surface area contributed by atoms with Crippen LogP contribution in [0, 0.1) is 0 Å². The summed E-state index contributed by atoms with van der Waals surface area (Å²) in [5.41, 5.74) is 0.880. The van der Waals surface area contributed by atoms with Gasteiger partial charge >= 0.3 is 0 Å². The van der Waals surface area contributed by atoms with Gasteiger partial charge in [-0.15, -0.1) is 0 Å². The Kier molecular flexibility index (Phi) is 4.36. The van der Waals surface area contributed by atoms with Crippen molar-refractivity contribution in [3.63, 3.8) is 0 Å². The first-order chi connectivity index (χ1) is 11.9. The molecule has 1 fully saturated rings. The molecule has 126 valence electrons. The highest BCUT2D eigenvalue weighted by atomic mass is 16.7. The van der Waals surface area contributed by atoms with Crippen molar-refractivity contribution in [3.05, 3.63) is 30.5 Å². The number of hydrogen-bond donors (Lipinski definition) is 2. The molecule has 0 spiro atoms. The van der Waals surface area contributed by atoms with E-state index in [4.69, 9.17) is 9.47 Å². The van der Waals surface area contributed by atoms with Gasteiger partial charge in [0.15, 0.2) is 11.5 Å². The van der Waals surface area contributed by atoms with Crippen molar-refractivity contribution >= 4 is 17.5 Å². The summed E-state index contributed by atoms with van der Waals surface area (Å²) in [5.74, 6) is 2.96. The van der Waals surface area contributed by atoms with Gasteiger partial charge in [0.2, 0.25) is 12.7 Å². The molecule has 0 amide bonds. The second kappa shape index (κ2) is 6.95. The SMILES string of the molecule is c1cc(NC2CCCCCC2)nc(Nc2ccc3c(c2)OCO3)n1. The molecule has 6 nitrogen and oxygen atoms in total. The lowest BCUT2D eigenvalue weighted by molar-refractivity contribution is 0.174. The molecule has 0 bridgehead atoms. The zero-order valence-corrected chi connectivity index (χ0v) is 13.6. The third-order valence-electron chi connectivity index (χ3n) is 4.49. The summed E-state index contributed by atoms with van der Waals surface area (Å²) in [5, 5.41) is 6.78. The van der Waals surface area contributed by atoms with Crippen molar-refractivity contribution in [2.24, 2.45) is 0 Å². The van der Waals surface area contributed by atoms with Gasteiger partial charge in [-0.25, -0.2) is 4.98 Å². The van der Waals surface area contributed by atoms with Gasteiger partial charge in [-0.2, -0.15) is 4.98 Å². The summed E-state index contributed by atoms with van der Waals surface area (Å²) in [6.07, 6.45) is 9.50. The minimum absolute atomic E-state index is 0.274. The van der Waals surface area contributed by atoms with Gasteiger partial charge in [0.1, 0.15) is 5.82 Å². The molecule has 1 aliphatic heterocycles. The van der Waals surface area contributed by atoms with E-state index in [9.17, 15) is 0 Å². The monoisotopic (exact) mass is 326 g/mol. The maximum absolute atomic E-state index is 5.40. The van der Waals surface area contributed by atoms with Gasteiger partial charge in [-0.3, -0.25) is 0 Å². The maximum Gasteiger partial charge on any atom is 0.231 e. The van der Waals surface area contributed by atoms with E-state index in [0.717, 1.165) is 23.0 Å². The van der Waals surface area contributed by atoms with Crippen LogP contribution in [0.1, 0.15) is 38.5 Å². The van der Waals surface area contributed by atoms with Gasteiger partial charge in [-0.1, -0.05) is 25.7 Å². The topological polar surface area (TPSA) is 68.3 Å². The average Bonchev–Trinajstić information content (AvgIpc) is 2.91. The lowest BCUT2D eigenvalue weighted by atomic mass is 10.1. The van der Waals surface area contributed by atoms with Crippen molar-refractivity contribution in [3.8, 4) is 11.5 Å². The summed E-state index contributed by atoms with van der Waals surface area (Å²) in [6, 6.07) is 8.16. The molecule has 24 heavy (non-hydrogen) atoms. The summed E-state index contributed by atoms with van der Waals surface area (Å²) < 4.78 is 10.7. The Hall–Kier alpha value is -2.50. The molecule has 2 N–H and O–H groups in total. The Labute approximate surface area is 141 Å². The van der Waals surface area contributed by atoms with Gasteiger partial charge in [0, 0.05) is 24.0 Å². The quantitative estimate of drug-likeness (QED) is 0.825. The van der Waals surface area contributed by atoms with Crippen molar-refractivity contribution in [1.82, 2.24) is 9.97 Å². The largest absolute Gasteiger partial charge is 0.454 e. The number of nitrogens with one attached hydrogen (secondary N) is 2. The first kappa shape index (κ1) is 15.1. The van der Waals surface area contributed by atoms with E-state index in [1.54, 1.807) is 6.20 Å². The molecule has 1 aliphatic carbocycles. The van der Waals surface area contributed by atoms with Crippen LogP contribution < -0.4 is 20.1 Å². The van der Waals surface area contributed by atoms with Crippen LogP contribution in [0.4, 0.5) is 17.5 Å². The predicted octanol–water partition coefficient (Wildman–Crippen LogP) is 4.08. The number of benzene rings is 1. The number of fused-ring (bicyclic) bond motifs is 1. The average molecular weight is 326 g/mol. The molecule has 0 radical (unpaired) electrons. The summed E-state index contributed by atoms with van der Waals surface area (Å²) >= 11 is 0. The Balaban J connectivity index is 1.44. The van der Waals surface area contributed by atoms with E-state index in [2.05, 4.69) is 20.6 Å².